The lowest BCUT2D eigenvalue weighted by molar-refractivity contribution is -0.124. The highest BCUT2D eigenvalue weighted by molar-refractivity contribution is 5.91. The standard InChI is InChI=1S/C16H16N2O3/c1-12(13-5-3-2-4-6-13)18-15(19)11-21-16(20)14-7-9-17-10-8-14/h2-10,12H,11H2,1H3,(H,18,19)/t12-/m0/s1. The average molecular weight is 284 g/mol. The molecule has 0 saturated carbocycles. The Morgan fingerprint density at radius 2 is 1.81 bits per heavy atom. The molecule has 1 atom stereocenters. The first-order chi connectivity index (χ1) is 10.2. The molecule has 0 fully saturated rings. The molecular weight excluding hydrogens is 268 g/mol. The number of carbonyl (C=O) groups excluding carboxylic acids is 2. The van der Waals surface area contributed by atoms with Gasteiger partial charge in [0.2, 0.25) is 0 Å². The minimum atomic E-state index is -0.542. The maximum absolute atomic E-state index is 11.8. The van der Waals surface area contributed by atoms with Crippen LogP contribution < -0.4 is 5.32 Å². The Labute approximate surface area is 123 Å². The second-order valence-electron chi connectivity index (χ2n) is 4.51. The summed E-state index contributed by atoms with van der Waals surface area (Å²) in [4.78, 5) is 27.2. The lowest BCUT2D eigenvalue weighted by Gasteiger charge is -2.14. The summed E-state index contributed by atoms with van der Waals surface area (Å²) in [7, 11) is 0. The summed E-state index contributed by atoms with van der Waals surface area (Å²) in [5.74, 6) is -0.881. The summed E-state index contributed by atoms with van der Waals surface area (Å²) in [6.45, 7) is 1.57. The van der Waals surface area contributed by atoms with Gasteiger partial charge in [-0.05, 0) is 24.6 Å². The molecule has 0 aliphatic heterocycles. The van der Waals surface area contributed by atoms with E-state index in [-0.39, 0.29) is 18.6 Å². The van der Waals surface area contributed by atoms with Crippen molar-refractivity contribution in [2.45, 2.75) is 13.0 Å². The molecule has 1 aromatic heterocycles. The predicted octanol–water partition coefficient (Wildman–Crippen LogP) is 2.12. The second-order valence-corrected chi connectivity index (χ2v) is 4.51. The lowest BCUT2D eigenvalue weighted by Crippen LogP contribution is -2.31. The largest absolute Gasteiger partial charge is 0.452 e. The summed E-state index contributed by atoms with van der Waals surface area (Å²) >= 11 is 0. The number of nitrogens with zero attached hydrogens (tertiary/aromatic N) is 1. The molecular formula is C16H16N2O3. The summed E-state index contributed by atoms with van der Waals surface area (Å²) in [6.07, 6.45) is 2.99. The predicted molar refractivity (Wildman–Crippen MR) is 77.5 cm³/mol. The van der Waals surface area contributed by atoms with Crippen molar-refractivity contribution in [2.75, 3.05) is 6.61 Å². The van der Waals surface area contributed by atoms with E-state index < -0.39 is 5.97 Å². The number of rotatable bonds is 5. The molecule has 0 unspecified atom stereocenters. The number of aromatic nitrogens is 1. The van der Waals surface area contributed by atoms with Gasteiger partial charge in [0.15, 0.2) is 6.61 Å². The van der Waals surface area contributed by atoms with Crippen LogP contribution in [0.5, 0.6) is 0 Å². The highest BCUT2D eigenvalue weighted by Gasteiger charge is 2.12. The molecule has 108 valence electrons. The summed E-state index contributed by atoms with van der Waals surface area (Å²) in [5, 5.41) is 2.77. The van der Waals surface area contributed by atoms with Crippen LogP contribution >= 0.6 is 0 Å². The van der Waals surface area contributed by atoms with Crippen LogP contribution in [0.4, 0.5) is 0 Å². The van der Waals surface area contributed by atoms with Crippen LogP contribution in [-0.4, -0.2) is 23.5 Å². The number of ether oxygens (including phenoxy) is 1. The van der Waals surface area contributed by atoms with E-state index >= 15 is 0 Å². The van der Waals surface area contributed by atoms with Gasteiger partial charge in [-0.15, -0.1) is 0 Å². The SMILES string of the molecule is C[C@H](NC(=O)COC(=O)c1ccncc1)c1ccccc1. The minimum Gasteiger partial charge on any atom is -0.452 e. The van der Waals surface area contributed by atoms with Crippen molar-refractivity contribution in [1.82, 2.24) is 10.3 Å². The van der Waals surface area contributed by atoms with Gasteiger partial charge in [0.25, 0.3) is 5.91 Å². The van der Waals surface area contributed by atoms with Crippen LogP contribution in [0.15, 0.2) is 54.9 Å². The monoisotopic (exact) mass is 284 g/mol. The third-order valence-electron chi connectivity index (χ3n) is 2.93. The molecule has 5 heteroatoms. The zero-order valence-electron chi connectivity index (χ0n) is 11.7. The fourth-order valence-electron chi connectivity index (χ4n) is 1.81. The fourth-order valence-corrected chi connectivity index (χ4v) is 1.81. The Kier molecular flexibility index (Phi) is 5.04. The Morgan fingerprint density at radius 3 is 2.48 bits per heavy atom. The van der Waals surface area contributed by atoms with Gasteiger partial charge < -0.3 is 10.1 Å². The fraction of sp³-hybridized carbons (Fsp3) is 0.188. The first kappa shape index (κ1) is 14.7. The topological polar surface area (TPSA) is 68.3 Å². The van der Waals surface area contributed by atoms with Crippen molar-refractivity contribution in [3.63, 3.8) is 0 Å². The summed E-state index contributed by atoms with van der Waals surface area (Å²) in [6, 6.07) is 12.5. The van der Waals surface area contributed by atoms with Gasteiger partial charge in [-0.25, -0.2) is 4.79 Å². The number of hydrogen-bond donors (Lipinski definition) is 1. The smallest absolute Gasteiger partial charge is 0.338 e. The van der Waals surface area contributed by atoms with E-state index in [0.717, 1.165) is 5.56 Å². The zero-order chi connectivity index (χ0) is 15.1. The van der Waals surface area contributed by atoms with E-state index in [1.807, 2.05) is 37.3 Å². The third-order valence-corrected chi connectivity index (χ3v) is 2.93. The van der Waals surface area contributed by atoms with Crippen molar-refractivity contribution >= 4 is 11.9 Å². The van der Waals surface area contributed by atoms with Gasteiger partial charge in [0, 0.05) is 12.4 Å². The van der Waals surface area contributed by atoms with Gasteiger partial charge in [-0.2, -0.15) is 0 Å². The lowest BCUT2D eigenvalue weighted by atomic mass is 10.1. The third kappa shape index (κ3) is 4.42. The molecule has 0 spiro atoms. The van der Waals surface area contributed by atoms with Gasteiger partial charge in [-0.1, -0.05) is 30.3 Å². The molecule has 0 bridgehead atoms. The van der Waals surface area contributed by atoms with E-state index in [0.29, 0.717) is 5.56 Å². The second kappa shape index (κ2) is 7.19. The van der Waals surface area contributed by atoms with Crippen LogP contribution in [-0.2, 0) is 9.53 Å². The van der Waals surface area contributed by atoms with Crippen LogP contribution in [0.3, 0.4) is 0 Å². The molecule has 0 aliphatic carbocycles. The number of pyridine rings is 1. The Morgan fingerprint density at radius 1 is 1.14 bits per heavy atom. The van der Waals surface area contributed by atoms with Crippen molar-refractivity contribution in [1.29, 1.82) is 0 Å². The van der Waals surface area contributed by atoms with E-state index in [1.165, 1.54) is 24.5 Å². The number of hydrogen-bond acceptors (Lipinski definition) is 4. The number of nitrogens with one attached hydrogen (secondary N) is 1. The van der Waals surface area contributed by atoms with Gasteiger partial charge >= 0.3 is 5.97 Å². The minimum absolute atomic E-state index is 0.140. The van der Waals surface area contributed by atoms with E-state index in [4.69, 9.17) is 4.74 Å². The molecule has 1 heterocycles. The normalized spacial score (nSPS) is 11.5. The number of benzene rings is 1. The number of esters is 1. The van der Waals surface area contributed by atoms with Crippen molar-refractivity contribution in [3.8, 4) is 0 Å². The highest BCUT2D eigenvalue weighted by Crippen LogP contribution is 2.10. The maximum Gasteiger partial charge on any atom is 0.338 e. The molecule has 2 aromatic rings. The van der Waals surface area contributed by atoms with Crippen molar-refractivity contribution in [3.05, 3.63) is 66.0 Å². The summed E-state index contributed by atoms with van der Waals surface area (Å²) < 4.78 is 4.95. The van der Waals surface area contributed by atoms with E-state index in [9.17, 15) is 9.59 Å². The molecule has 1 N–H and O–H groups in total. The maximum atomic E-state index is 11.8. The van der Waals surface area contributed by atoms with Gasteiger partial charge in [0.1, 0.15) is 0 Å². The average Bonchev–Trinajstić information content (AvgIpc) is 2.54. The quantitative estimate of drug-likeness (QED) is 0.854. The molecule has 21 heavy (non-hydrogen) atoms. The van der Waals surface area contributed by atoms with Crippen molar-refractivity contribution < 1.29 is 14.3 Å². The Balaban J connectivity index is 1.81. The molecule has 0 radical (unpaired) electrons. The van der Waals surface area contributed by atoms with E-state index in [2.05, 4.69) is 10.3 Å². The van der Waals surface area contributed by atoms with Crippen molar-refractivity contribution in [2.24, 2.45) is 0 Å². The Hall–Kier alpha value is -2.69. The Bertz CT molecular complexity index is 599. The van der Waals surface area contributed by atoms with Crippen LogP contribution in [0.25, 0.3) is 0 Å². The molecule has 1 amide bonds. The van der Waals surface area contributed by atoms with Crippen LogP contribution in [0, 0.1) is 0 Å². The molecule has 2 rings (SSSR count). The first-order valence-corrected chi connectivity index (χ1v) is 6.58. The van der Waals surface area contributed by atoms with Gasteiger partial charge in [0.05, 0.1) is 11.6 Å². The number of amides is 1. The zero-order valence-corrected chi connectivity index (χ0v) is 11.7. The van der Waals surface area contributed by atoms with Crippen LogP contribution in [0.2, 0.25) is 0 Å². The molecule has 0 aliphatic rings. The number of carbonyl (C=O) groups is 2. The molecule has 1 aromatic carbocycles. The highest BCUT2D eigenvalue weighted by atomic mass is 16.5. The summed E-state index contributed by atoms with van der Waals surface area (Å²) in [5.41, 5.74) is 1.36. The molecule has 0 saturated heterocycles. The van der Waals surface area contributed by atoms with E-state index in [1.54, 1.807) is 0 Å². The first-order valence-electron chi connectivity index (χ1n) is 6.58. The van der Waals surface area contributed by atoms with Crippen LogP contribution in [0.1, 0.15) is 28.9 Å². The van der Waals surface area contributed by atoms with Gasteiger partial charge in [-0.3, -0.25) is 9.78 Å². The molecule has 5 nitrogen and oxygen atoms in total.